The molecule has 0 radical (unpaired) electrons. The maximum absolute atomic E-state index is 12.8. The normalized spacial score (nSPS) is 14.0. The number of thiol groups is 1. The minimum Gasteiger partial charge on any atom is -0.480 e. The summed E-state index contributed by atoms with van der Waals surface area (Å²) in [6, 6.07) is -4.61. The van der Waals surface area contributed by atoms with Crippen LogP contribution in [-0.2, 0) is 24.0 Å². The van der Waals surface area contributed by atoms with E-state index in [0.29, 0.717) is 25.8 Å². The van der Waals surface area contributed by atoms with Crippen LogP contribution < -0.4 is 44.6 Å². The van der Waals surface area contributed by atoms with E-state index < -0.39 is 53.8 Å². The topological polar surface area (TPSA) is 284 Å². The smallest absolute Gasteiger partial charge is 0.326 e. The van der Waals surface area contributed by atoms with Gasteiger partial charge in [-0.15, -0.1) is 0 Å². The number of hydrogen-bond acceptors (Lipinski definition) is 9. The van der Waals surface area contributed by atoms with Gasteiger partial charge in [0.2, 0.25) is 23.6 Å². The number of amides is 4. The van der Waals surface area contributed by atoms with Gasteiger partial charge in [-0.2, -0.15) is 12.6 Å². The molecule has 0 aliphatic heterocycles. The number of aliphatic carboxylic acids is 1. The van der Waals surface area contributed by atoms with Gasteiger partial charge in [-0.05, 0) is 45.1 Å². The fourth-order valence-electron chi connectivity index (χ4n) is 2.97. The molecule has 0 bridgehead atoms. The molecule has 0 saturated carbocycles. The van der Waals surface area contributed by atoms with E-state index in [9.17, 15) is 29.1 Å². The van der Waals surface area contributed by atoms with Gasteiger partial charge in [0.15, 0.2) is 5.96 Å². The van der Waals surface area contributed by atoms with Crippen LogP contribution in [0.4, 0.5) is 0 Å². The van der Waals surface area contributed by atoms with E-state index in [1.54, 1.807) is 0 Å². The van der Waals surface area contributed by atoms with Crippen molar-refractivity contribution < 1.29 is 29.1 Å². The molecule has 0 aromatic carbocycles. The number of rotatable bonds is 19. The van der Waals surface area contributed by atoms with Crippen molar-refractivity contribution >= 4 is 48.2 Å². The summed E-state index contributed by atoms with van der Waals surface area (Å²) < 4.78 is 0. The summed E-state index contributed by atoms with van der Waals surface area (Å²) in [6.07, 6.45) is 1.48. The number of nitrogens with two attached hydrogens (primary N) is 5. The largest absolute Gasteiger partial charge is 0.480 e. The van der Waals surface area contributed by atoms with Gasteiger partial charge in [-0.1, -0.05) is 0 Å². The first-order chi connectivity index (χ1) is 16.9. The highest BCUT2D eigenvalue weighted by Gasteiger charge is 2.29. The summed E-state index contributed by atoms with van der Waals surface area (Å²) >= 11 is 4.06. The number of guanidine groups is 1. The van der Waals surface area contributed by atoms with Gasteiger partial charge < -0.3 is 49.7 Å². The van der Waals surface area contributed by atoms with E-state index in [2.05, 4.69) is 33.6 Å². The van der Waals surface area contributed by atoms with Crippen LogP contribution in [0.3, 0.4) is 0 Å². The maximum Gasteiger partial charge on any atom is 0.326 e. The number of unbranched alkanes of at least 4 members (excludes halogenated alkanes) is 1. The first kappa shape index (κ1) is 32.9. The summed E-state index contributed by atoms with van der Waals surface area (Å²) in [5.41, 5.74) is 26.9. The molecule has 0 aromatic heterocycles. The van der Waals surface area contributed by atoms with Crippen LogP contribution >= 0.6 is 12.6 Å². The summed E-state index contributed by atoms with van der Waals surface area (Å²) in [7, 11) is 0. The van der Waals surface area contributed by atoms with Crippen LogP contribution in [0.2, 0.25) is 0 Å². The number of carboxylic acids is 1. The Morgan fingerprint density at radius 2 is 1.39 bits per heavy atom. The molecule has 36 heavy (non-hydrogen) atoms. The third-order valence-electron chi connectivity index (χ3n) is 4.99. The van der Waals surface area contributed by atoms with Crippen LogP contribution in [-0.4, -0.2) is 83.7 Å². The second-order valence-electron chi connectivity index (χ2n) is 8.05. The van der Waals surface area contributed by atoms with Gasteiger partial charge in [-0.25, -0.2) is 4.79 Å². The van der Waals surface area contributed by atoms with Crippen molar-refractivity contribution in [1.29, 1.82) is 0 Å². The third-order valence-corrected chi connectivity index (χ3v) is 5.36. The summed E-state index contributed by atoms with van der Waals surface area (Å²) in [4.78, 5) is 64.4. The molecule has 0 aromatic rings. The standard InChI is InChI=1S/C20H39N9O6S/c21-8-2-1-5-13(19(34)35)28-18(33)14(10-36)29-17(32)12(6-7-15(23)30)27-16(31)11(22)4-3-9-26-20(24)25/h11-14,36H,1-10,21-22H2,(H2,23,30)(H,27,31)(H,28,33)(H,29,32)(H,34,35)(H4,24,25,26). The molecule has 0 spiro atoms. The van der Waals surface area contributed by atoms with Crippen molar-refractivity contribution in [3.63, 3.8) is 0 Å². The van der Waals surface area contributed by atoms with Gasteiger partial charge in [0.1, 0.15) is 18.1 Å². The molecule has 15 nitrogen and oxygen atoms in total. The number of aliphatic imine (C=N–C) groups is 1. The van der Waals surface area contributed by atoms with Crippen LogP contribution in [0.15, 0.2) is 4.99 Å². The van der Waals surface area contributed by atoms with Crippen LogP contribution in [0.5, 0.6) is 0 Å². The Balaban J connectivity index is 5.20. The van der Waals surface area contributed by atoms with Gasteiger partial charge in [0.05, 0.1) is 6.04 Å². The second-order valence-corrected chi connectivity index (χ2v) is 8.41. The minimum atomic E-state index is -1.23. The predicted octanol–water partition coefficient (Wildman–Crippen LogP) is -3.77. The number of carboxylic acid groups (broad SMARTS) is 1. The molecule has 4 amide bonds. The quantitative estimate of drug-likeness (QED) is 0.0334. The van der Waals surface area contributed by atoms with Crippen molar-refractivity contribution in [1.82, 2.24) is 16.0 Å². The van der Waals surface area contributed by atoms with Gasteiger partial charge >= 0.3 is 5.97 Å². The molecular weight excluding hydrogens is 494 g/mol. The number of carbonyl (C=O) groups excluding carboxylic acids is 4. The molecular formula is C20H39N9O6S. The van der Waals surface area contributed by atoms with Crippen molar-refractivity contribution in [3.05, 3.63) is 0 Å². The lowest BCUT2D eigenvalue weighted by molar-refractivity contribution is -0.142. The Kier molecular flexibility index (Phi) is 16.6. The zero-order valence-corrected chi connectivity index (χ0v) is 21.0. The first-order valence-corrected chi connectivity index (χ1v) is 12.1. The fourth-order valence-corrected chi connectivity index (χ4v) is 3.23. The number of primary amides is 1. The Morgan fingerprint density at radius 1 is 0.806 bits per heavy atom. The average Bonchev–Trinajstić information content (AvgIpc) is 2.81. The van der Waals surface area contributed by atoms with Gasteiger partial charge in [0.25, 0.3) is 0 Å². The molecule has 0 aliphatic rings. The lowest BCUT2D eigenvalue weighted by Crippen LogP contribution is -2.57. The Labute approximate surface area is 215 Å². The second kappa shape index (κ2) is 18.2. The zero-order chi connectivity index (χ0) is 27.7. The van der Waals surface area contributed by atoms with Gasteiger partial charge in [-0.3, -0.25) is 24.2 Å². The Morgan fingerprint density at radius 3 is 1.92 bits per heavy atom. The molecule has 4 atom stereocenters. The van der Waals surface area contributed by atoms with E-state index in [0.717, 1.165) is 0 Å². The minimum absolute atomic E-state index is 0.0933. The highest BCUT2D eigenvalue weighted by molar-refractivity contribution is 7.80. The molecule has 4 unspecified atom stereocenters. The summed E-state index contributed by atoms with van der Waals surface area (Å²) in [6.45, 7) is 0.644. The molecule has 14 N–H and O–H groups in total. The van der Waals surface area contributed by atoms with Gasteiger partial charge in [0, 0.05) is 18.7 Å². The molecule has 206 valence electrons. The third kappa shape index (κ3) is 14.3. The van der Waals surface area contributed by atoms with Crippen molar-refractivity contribution in [3.8, 4) is 0 Å². The fraction of sp³-hybridized carbons (Fsp3) is 0.700. The molecule has 16 heteroatoms. The predicted molar refractivity (Wildman–Crippen MR) is 137 cm³/mol. The van der Waals surface area contributed by atoms with Crippen molar-refractivity contribution in [2.75, 3.05) is 18.8 Å². The van der Waals surface area contributed by atoms with E-state index in [4.69, 9.17) is 28.7 Å². The van der Waals surface area contributed by atoms with Crippen molar-refractivity contribution in [2.24, 2.45) is 33.7 Å². The highest BCUT2D eigenvalue weighted by Crippen LogP contribution is 2.05. The summed E-state index contributed by atoms with van der Waals surface area (Å²) in [5, 5.41) is 16.6. The summed E-state index contributed by atoms with van der Waals surface area (Å²) in [5.74, 6) is -4.41. The Bertz CT molecular complexity index is 779. The van der Waals surface area contributed by atoms with E-state index >= 15 is 0 Å². The first-order valence-electron chi connectivity index (χ1n) is 11.5. The Hall–Kier alpha value is -3.11. The van der Waals surface area contributed by atoms with Crippen LogP contribution in [0, 0.1) is 0 Å². The number of nitrogens with zero attached hydrogens (tertiary/aromatic N) is 1. The maximum atomic E-state index is 12.8. The van der Waals surface area contributed by atoms with Crippen LogP contribution in [0.25, 0.3) is 0 Å². The monoisotopic (exact) mass is 533 g/mol. The van der Waals surface area contributed by atoms with Crippen LogP contribution in [0.1, 0.15) is 44.9 Å². The van der Waals surface area contributed by atoms with Crippen molar-refractivity contribution in [2.45, 2.75) is 69.1 Å². The molecule has 0 rings (SSSR count). The zero-order valence-electron chi connectivity index (χ0n) is 20.2. The van der Waals surface area contributed by atoms with E-state index in [1.165, 1.54) is 0 Å². The lowest BCUT2D eigenvalue weighted by Gasteiger charge is -2.24. The molecule has 0 saturated heterocycles. The number of carbonyl (C=O) groups is 5. The molecule has 0 fully saturated rings. The lowest BCUT2D eigenvalue weighted by atomic mass is 10.1. The molecule has 0 heterocycles. The SMILES string of the molecule is NCCCCC(NC(=O)C(CS)NC(=O)C(CCC(N)=O)NC(=O)C(N)CCCN=C(N)N)C(=O)O. The average molecular weight is 534 g/mol. The number of nitrogens with one attached hydrogen (secondary N) is 3. The molecule has 0 aliphatic carbocycles. The van der Waals surface area contributed by atoms with E-state index in [-0.39, 0.29) is 43.9 Å². The highest BCUT2D eigenvalue weighted by atomic mass is 32.1. The van der Waals surface area contributed by atoms with E-state index in [1.807, 2.05) is 0 Å². The number of hydrogen-bond donors (Lipinski definition) is 10.